The summed E-state index contributed by atoms with van der Waals surface area (Å²) >= 11 is 0. The van der Waals surface area contributed by atoms with Crippen LogP contribution in [0.15, 0.2) is 91.0 Å². The number of aliphatic carboxylic acids is 3. The summed E-state index contributed by atoms with van der Waals surface area (Å²) in [5.74, 6) is -10.6. The molecule has 3 rings (SSSR count). The third-order valence-electron chi connectivity index (χ3n) is 4.93. The summed E-state index contributed by atoms with van der Waals surface area (Å²) in [4.78, 5) is 95.8. The van der Waals surface area contributed by atoms with Crippen LogP contribution in [0, 0.1) is 0 Å². The Bertz CT molecular complexity index is 1290. The van der Waals surface area contributed by atoms with Crippen LogP contribution in [0.1, 0.15) is 50.3 Å². The first kappa shape index (κ1) is 37.6. The normalized spacial score (nSPS) is 9.21. The van der Waals surface area contributed by atoms with E-state index in [4.69, 9.17) is 0 Å². The van der Waals surface area contributed by atoms with E-state index >= 15 is 0 Å². The van der Waals surface area contributed by atoms with E-state index in [1.54, 1.807) is 54.6 Å². The van der Waals surface area contributed by atoms with Crippen LogP contribution < -0.4 is 15.3 Å². The molecule has 0 bridgehead atoms. The molecule has 0 saturated heterocycles. The quantitative estimate of drug-likeness (QED) is 0.130. The smallest absolute Gasteiger partial charge is 0.542 e. The van der Waals surface area contributed by atoms with Crippen LogP contribution in [0.5, 0.6) is 0 Å². The van der Waals surface area contributed by atoms with Crippen molar-refractivity contribution in [3.63, 3.8) is 0 Å². The van der Waals surface area contributed by atoms with Crippen LogP contribution in [0.25, 0.3) is 0 Å². The van der Waals surface area contributed by atoms with Crippen molar-refractivity contribution in [2.45, 2.75) is 19.3 Å². The molecule has 0 aromatic heterocycles. The molecule has 0 unspecified atom stereocenters. The Morgan fingerprint density at radius 1 is 0.372 bits per heavy atom. The molecule has 3 aromatic carbocycles. The second kappa shape index (κ2) is 19.6. The first-order valence-electron chi connectivity index (χ1n) is 11.8. The van der Waals surface area contributed by atoms with E-state index in [0.717, 1.165) is 0 Å². The Morgan fingerprint density at radius 2 is 0.558 bits per heavy atom. The van der Waals surface area contributed by atoms with Crippen LogP contribution in [0.4, 0.5) is 0 Å². The third kappa shape index (κ3) is 14.7. The Morgan fingerprint density at radius 3 is 0.721 bits per heavy atom. The number of ketones is 6. The molecule has 0 aliphatic carbocycles. The summed E-state index contributed by atoms with van der Waals surface area (Å²) in [6.07, 6.45) is -1.94. The SMILES string of the molecule is O=C([O-])C(=O)CC(=O)c1ccccc1.O=C([O-])C(=O)CC(=O)c1ccccc1.O=C([O-])C(=O)CC(=O)c1ccccc1.[Co+3]. The van der Waals surface area contributed by atoms with Gasteiger partial charge in [-0.1, -0.05) is 91.0 Å². The van der Waals surface area contributed by atoms with Gasteiger partial charge in [-0.3, -0.25) is 28.8 Å². The minimum atomic E-state index is -1.82. The zero-order valence-corrected chi connectivity index (χ0v) is 23.1. The summed E-state index contributed by atoms with van der Waals surface area (Å²) in [5, 5.41) is 30.2. The minimum Gasteiger partial charge on any atom is -0.542 e. The Balaban J connectivity index is 0.000000608. The van der Waals surface area contributed by atoms with E-state index in [-0.39, 0.29) is 16.8 Å². The number of hydrogen-bond acceptors (Lipinski definition) is 12. The zero-order chi connectivity index (χ0) is 31.7. The number of carbonyl (C=O) groups is 9. The molecular weight excluding hydrogens is 611 g/mol. The van der Waals surface area contributed by atoms with E-state index in [1.165, 1.54) is 36.4 Å². The molecule has 3 aromatic rings. The molecule has 0 amide bonds. The van der Waals surface area contributed by atoms with E-state index in [2.05, 4.69) is 0 Å². The topological polar surface area (TPSA) is 223 Å². The molecule has 0 spiro atoms. The predicted molar refractivity (Wildman–Crippen MR) is 136 cm³/mol. The second-order valence-electron chi connectivity index (χ2n) is 8.03. The molecule has 0 fully saturated rings. The van der Waals surface area contributed by atoms with Crippen molar-refractivity contribution in [3.8, 4) is 0 Å². The van der Waals surface area contributed by atoms with Crippen molar-refractivity contribution in [3.05, 3.63) is 108 Å². The van der Waals surface area contributed by atoms with Gasteiger partial charge in [-0.15, -0.1) is 0 Å². The van der Waals surface area contributed by atoms with Gasteiger partial charge in [0.1, 0.15) is 17.9 Å². The molecule has 0 atom stereocenters. The van der Waals surface area contributed by atoms with Crippen molar-refractivity contribution in [1.82, 2.24) is 0 Å². The predicted octanol–water partition coefficient (Wildman–Crippen LogP) is -1.27. The third-order valence-corrected chi connectivity index (χ3v) is 4.93. The van der Waals surface area contributed by atoms with Gasteiger partial charge in [-0.05, 0) is 0 Å². The maximum atomic E-state index is 11.2. The first-order valence-corrected chi connectivity index (χ1v) is 11.8. The van der Waals surface area contributed by atoms with Crippen LogP contribution in [0.3, 0.4) is 0 Å². The molecule has 12 nitrogen and oxygen atoms in total. The van der Waals surface area contributed by atoms with Crippen molar-refractivity contribution in [2.75, 3.05) is 0 Å². The Labute approximate surface area is 254 Å². The largest absolute Gasteiger partial charge is 3.00 e. The van der Waals surface area contributed by atoms with Gasteiger partial charge in [-0.2, -0.15) is 0 Å². The molecule has 43 heavy (non-hydrogen) atoms. The van der Waals surface area contributed by atoms with Crippen LogP contribution in [0.2, 0.25) is 0 Å². The molecule has 0 radical (unpaired) electrons. The monoisotopic (exact) mass is 632 g/mol. The maximum Gasteiger partial charge on any atom is 3.00 e. The summed E-state index contributed by atoms with van der Waals surface area (Å²) in [7, 11) is 0. The summed E-state index contributed by atoms with van der Waals surface area (Å²) in [5.41, 5.74) is 0.964. The molecule has 0 saturated carbocycles. The van der Waals surface area contributed by atoms with E-state index < -0.39 is 71.9 Å². The zero-order valence-electron chi connectivity index (χ0n) is 22.0. The fraction of sp³-hybridized carbons (Fsp3) is 0.100. The number of Topliss-reactive ketones (excluding diaryl/α,β-unsaturated/α-hetero) is 6. The number of carboxylic acid groups (broad SMARTS) is 3. The van der Waals surface area contributed by atoms with Gasteiger partial charge in [0.15, 0.2) is 34.7 Å². The molecule has 0 aliphatic heterocycles. The fourth-order valence-electron chi connectivity index (χ4n) is 2.83. The summed E-state index contributed by atoms with van der Waals surface area (Å²) in [6.45, 7) is 0. The summed E-state index contributed by atoms with van der Waals surface area (Å²) < 4.78 is 0. The van der Waals surface area contributed by atoms with E-state index in [0.29, 0.717) is 16.7 Å². The number of carbonyl (C=O) groups excluding carboxylic acids is 9. The number of benzene rings is 3. The van der Waals surface area contributed by atoms with E-state index in [1.807, 2.05) is 0 Å². The molecule has 222 valence electrons. The fourth-order valence-corrected chi connectivity index (χ4v) is 2.83. The van der Waals surface area contributed by atoms with Crippen LogP contribution in [-0.4, -0.2) is 52.6 Å². The molecule has 0 N–H and O–H groups in total. The van der Waals surface area contributed by atoms with Crippen LogP contribution in [-0.2, 0) is 45.5 Å². The molecule has 13 heteroatoms. The number of carboxylic acids is 3. The van der Waals surface area contributed by atoms with Crippen molar-refractivity contribution < 1.29 is 75.2 Å². The Hall–Kier alpha value is -5.40. The van der Waals surface area contributed by atoms with Crippen molar-refractivity contribution >= 4 is 52.6 Å². The molecule has 0 aliphatic rings. The average molecular weight is 632 g/mol. The molecular formula is C30H21CoO12. The number of rotatable bonds is 12. The summed E-state index contributed by atoms with van der Waals surface area (Å²) in [6, 6.07) is 24.1. The second-order valence-corrected chi connectivity index (χ2v) is 8.03. The molecule has 0 heterocycles. The first-order chi connectivity index (χ1) is 19.8. The van der Waals surface area contributed by atoms with E-state index in [9.17, 15) is 58.5 Å². The van der Waals surface area contributed by atoms with Gasteiger partial charge in [0, 0.05) is 16.7 Å². The van der Waals surface area contributed by atoms with Crippen LogP contribution >= 0.6 is 0 Å². The van der Waals surface area contributed by atoms with Gasteiger partial charge in [0.05, 0.1) is 19.3 Å². The number of hydrogen-bond donors (Lipinski definition) is 0. The van der Waals surface area contributed by atoms with Gasteiger partial charge in [0.25, 0.3) is 0 Å². The van der Waals surface area contributed by atoms with Gasteiger partial charge >= 0.3 is 16.8 Å². The average Bonchev–Trinajstić information content (AvgIpc) is 2.98. The van der Waals surface area contributed by atoms with Crippen molar-refractivity contribution in [1.29, 1.82) is 0 Å². The standard InChI is InChI=1S/3C10H8O4.Co/c3*11-8(6-9(12)10(13)14)7-4-2-1-3-5-7;/h3*1-5H,6H2,(H,13,14);/q;;;+3/p-3. The maximum absolute atomic E-state index is 11.2. The van der Waals surface area contributed by atoms with Gasteiger partial charge in [-0.25, -0.2) is 0 Å². The minimum absolute atomic E-state index is 0. The Kier molecular flexibility index (Phi) is 17.2. The van der Waals surface area contributed by atoms with Gasteiger partial charge in [0.2, 0.25) is 0 Å². The van der Waals surface area contributed by atoms with Crippen molar-refractivity contribution in [2.24, 2.45) is 0 Å². The van der Waals surface area contributed by atoms with Gasteiger partial charge < -0.3 is 29.7 Å².